The van der Waals surface area contributed by atoms with Crippen LogP contribution in [0.5, 0.6) is 0 Å². The second-order valence-corrected chi connectivity index (χ2v) is 4.88. The van der Waals surface area contributed by atoms with Gasteiger partial charge in [0.1, 0.15) is 11.6 Å². The normalized spacial score (nSPS) is 10.4. The zero-order valence-corrected chi connectivity index (χ0v) is 11.5. The summed E-state index contributed by atoms with van der Waals surface area (Å²) in [5, 5.41) is 0.502. The number of H-pyrrole nitrogens is 1. The Morgan fingerprint density at radius 3 is 2.58 bits per heavy atom. The first-order valence-electron chi connectivity index (χ1n) is 5.85. The summed E-state index contributed by atoms with van der Waals surface area (Å²) < 4.78 is 1.13. The summed E-state index contributed by atoms with van der Waals surface area (Å²) in [5.74, 6) is 0. The Morgan fingerprint density at radius 2 is 1.95 bits per heavy atom. The Hall–Kier alpha value is -1.95. The second kappa shape index (κ2) is 5.79. The Bertz CT molecular complexity index is 677. The molecule has 0 aliphatic rings. The smallest absolute Gasteiger partial charge is 0.362 e. The van der Waals surface area contributed by atoms with E-state index in [-0.39, 0.29) is 5.56 Å². The third kappa shape index (κ3) is 2.90. The first-order valence-corrected chi connectivity index (χ1v) is 6.67. The van der Waals surface area contributed by atoms with Crippen LogP contribution in [-0.4, -0.2) is 16.3 Å². The minimum atomic E-state index is -0.559. The lowest BCUT2D eigenvalue weighted by atomic mass is 10.4. The van der Waals surface area contributed by atoms with Gasteiger partial charge in [0.15, 0.2) is 0 Å². The summed E-state index contributed by atoms with van der Waals surface area (Å²) in [6.07, 6.45) is 0. The predicted octanol–water partition coefficient (Wildman–Crippen LogP) is 1.44. The van der Waals surface area contributed by atoms with Gasteiger partial charge in [-0.3, -0.25) is 9.78 Å². The fraction of sp³-hybridized carbons (Fsp3) is 0.231. The molecule has 1 N–H and O–H groups in total. The van der Waals surface area contributed by atoms with Gasteiger partial charge in [-0.25, -0.2) is 4.79 Å². The maximum atomic E-state index is 11.8. The number of nitrogens with zero attached hydrogens (tertiary/aromatic N) is 1. The van der Waals surface area contributed by atoms with Gasteiger partial charge in [-0.05, 0) is 26.0 Å². The maximum Gasteiger partial charge on any atom is 0.362 e. The molecule has 0 atom stereocenters. The molecule has 0 fully saturated rings. The number of hydrogen-bond donors (Lipinski definition) is 1. The topological polar surface area (TPSA) is 64.1 Å². The van der Waals surface area contributed by atoms with Gasteiger partial charge in [0.25, 0.3) is 5.56 Å². The van der Waals surface area contributed by atoms with Crippen molar-refractivity contribution in [2.24, 2.45) is 0 Å². The van der Waals surface area contributed by atoms with Crippen LogP contribution in [0, 0.1) is 6.92 Å². The highest BCUT2D eigenvalue weighted by Crippen LogP contribution is 2.27. The van der Waals surface area contributed by atoms with Gasteiger partial charge in [0, 0.05) is 10.5 Å². The van der Waals surface area contributed by atoms with Crippen LogP contribution < -0.4 is 16.1 Å². The molecule has 0 unspecified atom stereocenters. The lowest BCUT2D eigenvalue weighted by Gasteiger charge is -2.13. The first-order chi connectivity index (χ1) is 9.13. The molecule has 0 amide bonds. The van der Waals surface area contributed by atoms with E-state index >= 15 is 0 Å². The Labute approximate surface area is 114 Å². The Kier molecular flexibility index (Phi) is 4.11. The van der Waals surface area contributed by atoms with Crippen LogP contribution >= 0.6 is 11.8 Å². The highest BCUT2D eigenvalue weighted by Gasteiger charge is 2.13. The van der Waals surface area contributed by atoms with Gasteiger partial charge in [-0.2, -0.15) is 0 Å². The molecule has 1 aromatic heterocycles. The molecule has 5 nitrogen and oxygen atoms in total. The van der Waals surface area contributed by atoms with Crippen LogP contribution in [0.15, 0.2) is 49.8 Å². The van der Waals surface area contributed by atoms with E-state index in [1.807, 2.05) is 30.3 Å². The molecule has 0 aliphatic carbocycles. The van der Waals surface area contributed by atoms with Crippen LogP contribution in [0.25, 0.3) is 0 Å². The largest absolute Gasteiger partial charge is 0.409 e. The molecule has 19 heavy (non-hydrogen) atoms. The van der Waals surface area contributed by atoms with Crippen LogP contribution in [0.2, 0.25) is 0 Å². The summed E-state index contributed by atoms with van der Waals surface area (Å²) in [5.41, 5.74) is -0.489. The second-order valence-electron chi connectivity index (χ2n) is 3.82. The molecular formula is C13H14N2O3S. The number of rotatable bonds is 4. The molecule has 0 radical (unpaired) electrons. The van der Waals surface area contributed by atoms with E-state index in [0.29, 0.717) is 17.2 Å². The fourth-order valence-corrected chi connectivity index (χ4v) is 2.53. The standard InChI is InChI=1S/C13H14N2O3S/c1-3-18-15-12(9(2)11(16)14-13(15)17)19-10-7-5-4-6-8-10/h4-8H,3H2,1-2H3,(H,14,16,17). The average molecular weight is 278 g/mol. The zero-order valence-electron chi connectivity index (χ0n) is 10.7. The number of aromatic nitrogens is 2. The zero-order chi connectivity index (χ0) is 13.8. The van der Waals surface area contributed by atoms with Crippen molar-refractivity contribution >= 4 is 11.8 Å². The van der Waals surface area contributed by atoms with Gasteiger partial charge >= 0.3 is 5.69 Å². The minimum Gasteiger partial charge on any atom is -0.409 e. The van der Waals surface area contributed by atoms with Crippen LogP contribution in [0.1, 0.15) is 12.5 Å². The van der Waals surface area contributed by atoms with Crippen molar-refractivity contribution < 1.29 is 4.84 Å². The highest BCUT2D eigenvalue weighted by atomic mass is 32.2. The summed E-state index contributed by atoms with van der Waals surface area (Å²) in [6.45, 7) is 3.79. The summed E-state index contributed by atoms with van der Waals surface area (Å²) in [4.78, 5) is 31.9. The molecule has 2 rings (SSSR count). The molecule has 1 aromatic carbocycles. The van der Waals surface area contributed by atoms with E-state index in [1.54, 1.807) is 13.8 Å². The van der Waals surface area contributed by atoms with E-state index in [0.717, 1.165) is 9.63 Å². The SMILES string of the molecule is CCOn1c(Sc2ccccc2)c(C)c(=O)[nH]c1=O. The molecule has 100 valence electrons. The van der Waals surface area contributed by atoms with Crippen molar-refractivity contribution in [3.63, 3.8) is 0 Å². The van der Waals surface area contributed by atoms with Gasteiger partial charge in [0.05, 0.1) is 0 Å². The lowest BCUT2D eigenvalue weighted by Crippen LogP contribution is -2.36. The quantitative estimate of drug-likeness (QED) is 0.860. The summed E-state index contributed by atoms with van der Waals surface area (Å²) in [7, 11) is 0. The fourth-order valence-electron chi connectivity index (χ4n) is 1.55. The third-order valence-corrected chi connectivity index (χ3v) is 3.64. The van der Waals surface area contributed by atoms with Crippen molar-refractivity contribution in [2.45, 2.75) is 23.8 Å². The maximum absolute atomic E-state index is 11.8. The molecule has 2 aromatic rings. The van der Waals surface area contributed by atoms with Crippen molar-refractivity contribution in [3.8, 4) is 0 Å². The first kappa shape index (κ1) is 13.5. The molecule has 0 aliphatic heterocycles. The number of hydrogen-bond acceptors (Lipinski definition) is 4. The van der Waals surface area contributed by atoms with Gasteiger partial charge in [0.2, 0.25) is 0 Å². The average Bonchev–Trinajstić information content (AvgIpc) is 2.41. The van der Waals surface area contributed by atoms with Crippen molar-refractivity contribution in [3.05, 3.63) is 56.7 Å². The molecule has 0 bridgehead atoms. The van der Waals surface area contributed by atoms with E-state index < -0.39 is 5.69 Å². The van der Waals surface area contributed by atoms with Crippen LogP contribution in [0.3, 0.4) is 0 Å². The third-order valence-electron chi connectivity index (χ3n) is 2.47. The predicted molar refractivity (Wildman–Crippen MR) is 73.7 cm³/mol. The van der Waals surface area contributed by atoms with E-state index in [4.69, 9.17) is 4.84 Å². The van der Waals surface area contributed by atoms with Crippen molar-refractivity contribution in [1.82, 2.24) is 9.71 Å². The molecular weight excluding hydrogens is 264 g/mol. The molecule has 0 saturated heterocycles. The van der Waals surface area contributed by atoms with E-state index in [2.05, 4.69) is 4.98 Å². The van der Waals surface area contributed by atoms with E-state index in [1.165, 1.54) is 11.8 Å². The summed E-state index contributed by atoms with van der Waals surface area (Å²) in [6, 6.07) is 9.52. The number of aromatic amines is 1. The molecule has 0 spiro atoms. The number of nitrogens with one attached hydrogen (secondary N) is 1. The lowest BCUT2D eigenvalue weighted by molar-refractivity contribution is 0.0889. The van der Waals surface area contributed by atoms with Crippen LogP contribution in [-0.2, 0) is 0 Å². The summed E-state index contributed by atoms with van der Waals surface area (Å²) >= 11 is 1.33. The Morgan fingerprint density at radius 1 is 1.26 bits per heavy atom. The van der Waals surface area contributed by atoms with Gasteiger partial charge in [-0.15, -0.1) is 4.73 Å². The van der Waals surface area contributed by atoms with Gasteiger partial charge < -0.3 is 4.84 Å². The highest BCUT2D eigenvalue weighted by molar-refractivity contribution is 7.99. The molecule has 6 heteroatoms. The van der Waals surface area contributed by atoms with Crippen LogP contribution in [0.4, 0.5) is 0 Å². The minimum absolute atomic E-state index is 0.341. The Balaban J connectivity index is 2.54. The van der Waals surface area contributed by atoms with E-state index in [9.17, 15) is 9.59 Å². The monoisotopic (exact) mass is 278 g/mol. The molecule has 1 heterocycles. The van der Waals surface area contributed by atoms with Gasteiger partial charge in [-0.1, -0.05) is 30.0 Å². The number of benzene rings is 1. The molecule has 0 saturated carbocycles. The van der Waals surface area contributed by atoms with Crippen molar-refractivity contribution in [2.75, 3.05) is 6.61 Å². The van der Waals surface area contributed by atoms with Crippen molar-refractivity contribution in [1.29, 1.82) is 0 Å².